The Kier molecular flexibility index (Phi) is 3.41. The van der Waals surface area contributed by atoms with E-state index in [4.69, 9.17) is 4.74 Å². The smallest absolute Gasteiger partial charge is 0.119 e. The number of aromatic nitrogens is 1. The summed E-state index contributed by atoms with van der Waals surface area (Å²) in [5, 5.41) is 1.15. The highest BCUT2D eigenvalue weighted by atomic mass is 16.5. The van der Waals surface area contributed by atoms with E-state index < -0.39 is 0 Å². The van der Waals surface area contributed by atoms with E-state index in [1.54, 1.807) is 7.11 Å². The third kappa shape index (κ3) is 2.31. The maximum absolute atomic E-state index is 5.33. The van der Waals surface area contributed by atoms with Crippen molar-refractivity contribution in [3.05, 3.63) is 30.5 Å². The SMILES string of the molecule is COc1ccc2ncc(N3CC4CCCC(C3)N4C)cc2c1. The summed E-state index contributed by atoms with van der Waals surface area (Å²) in [6, 6.07) is 9.70. The van der Waals surface area contributed by atoms with Crippen molar-refractivity contribution < 1.29 is 4.74 Å². The Balaban J connectivity index is 1.66. The zero-order chi connectivity index (χ0) is 15.1. The zero-order valence-corrected chi connectivity index (χ0v) is 13.3. The predicted octanol–water partition coefficient (Wildman–Crippen LogP) is 2.92. The summed E-state index contributed by atoms with van der Waals surface area (Å²) in [6.45, 7) is 2.23. The number of fused-ring (bicyclic) bond motifs is 3. The van der Waals surface area contributed by atoms with Crippen LogP contribution < -0.4 is 9.64 Å². The first-order valence-corrected chi connectivity index (χ1v) is 8.15. The molecule has 0 amide bonds. The molecule has 2 atom stereocenters. The number of piperazine rings is 1. The Bertz CT molecular complexity index is 673. The molecule has 2 unspecified atom stereocenters. The van der Waals surface area contributed by atoms with Crippen LogP contribution in [0.4, 0.5) is 5.69 Å². The van der Waals surface area contributed by atoms with Crippen LogP contribution >= 0.6 is 0 Å². The van der Waals surface area contributed by atoms with E-state index in [0.717, 1.165) is 29.7 Å². The molecule has 0 N–H and O–H groups in total. The minimum absolute atomic E-state index is 0.688. The van der Waals surface area contributed by atoms with E-state index in [0.29, 0.717) is 12.1 Å². The first-order chi connectivity index (χ1) is 10.7. The Morgan fingerprint density at radius 1 is 1.14 bits per heavy atom. The maximum Gasteiger partial charge on any atom is 0.119 e. The number of hydrogen-bond acceptors (Lipinski definition) is 4. The summed E-state index contributed by atoms with van der Waals surface area (Å²) >= 11 is 0. The number of benzene rings is 1. The average molecular weight is 297 g/mol. The highest BCUT2D eigenvalue weighted by Gasteiger charge is 2.34. The first-order valence-electron chi connectivity index (χ1n) is 8.15. The second-order valence-corrected chi connectivity index (χ2v) is 6.56. The molecule has 0 radical (unpaired) electrons. The van der Waals surface area contributed by atoms with Gasteiger partial charge in [0, 0.05) is 30.6 Å². The lowest BCUT2D eigenvalue weighted by molar-refractivity contribution is 0.0950. The lowest BCUT2D eigenvalue weighted by Crippen LogP contribution is -2.59. The zero-order valence-electron chi connectivity index (χ0n) is 13.3. The summed E-state index contributed by atoms with van der Waals surface area (Å²) in [5.41, 5.74) is 2.27. The molecule has 0 saturated carbocycles. The molecule has 4 heteroatoms. The van der Waals surface area contributed by atoms with Crippen LogP contribution in [0.1, 0.15) is 19.3 Å². The van der Waals surface area contributed by atoms with E-state index in [1.807, 2.05) is 18.3 Å². The third-order valence-corrected chi connectivity index (χ3v) is 5.33. The quantitative estimate of drug-likeness (QED) is 0.852. The topological polar surface area (TPSA) is 28.6 Å². The molecule has 2 aromatic rings. The maximum atomic E-state index is 5.33. The third-order valence-electron chi connectivity index (χ3n) is 5.33. The molecule has 2 saturated heterocycles. The Morgan fingerprint density at radius 3 is 2.64 bits per heavy atom. The van der Waals surface area contributed by atoms with Crippen molar-refractivity contribution in [1.29, 1.82) is 0 Å². The molecule has 22 heavy (non-hydrogen) atoms. The molecular formula is C18H23N3O. The van der Waals surface area contributed by atoms with E-state index in [1.165, 1.54) is 24.9 Å². The largest absolute Gasteiger partial charge is 0.497 e. The van der Waals surface area contributed by atoms with E-state index >= 15 is 0 Å². The molecule has 4 rings (SSSR count). The van der Waals surface area contributed by atoms with E-state index in [2.05, 4.69) is 34.0 Å². The van der Waals surface area contributed by atoms with Crippen molar-refractivity contribution in [3.8, 4) is 5.75 Å². The predicted molar refractivity (Wildman–Crippen MR) is 89.7 cm³/mol. The van der Waals surface area contributed by atoms with Crippen LogP contribution in [0.3, 0.4) is 0 Å². The van der Waals surface area contributed by atoms with E-state index in [-0.39, 0.29) is 0 Å². The molecule has 2 bridgehead atoms. The molecule has 3 heterocycles. The summed E-state index contributed by atoms with van der Waals surface area (Å²) in [7, 11) is 4.00. The molecular weight excluding hydrogens is 274 g/mol. The summed E-state index contributed by atoms with van der Waals surface area (Å²) < 4.78 is 5.33. The van der Waals surface area contributed by atoms with Gasteiger partial charge < -0.3 is 9.64 Å². The van der Waals surface area contributed by atoms with Crippen LogP contribution in [-0.2, 0) is 0 Å². The second-order valence-electron chi connectivity index (χ2n) is 6.56. The second kappa shape index (κ2) is 5.43. The van der Waals surface area contributed by atoms with Gasteiger partial charge in [-0.15, -0.1) is 0 Å². The number of methoxy groups -OCH3 is 1. The molecule has 0 aliphatic carbocycles. The Morgan fingerprint density at radius 2 is 1.91 bits per heavy atom. The van der Waals surface area contributed by atoms with Crippen LogP contribution in [0.25, 0.3) is 10.9 Å². The Labute approximate surface area is 131 Å². The molecule has 2 aliphatic rings. The summed E-state index contributed by atoms with van der Waals surface area (Å²) in [6.07, 6.45) is 6.03. The normalized spacial score (nSPS) is 25.5. The number of likely N-dealkylation sites (N-methyl/N-ethyl adjacent to an activating group) is 1. The average Bonchev–Trinajstić information content (AvgIpc) is 2.53. The van der Waals surface area contributed by atoms with Crippen LogP contribution in [0.2, 0.25) is 0 Å². The minimum Gasteiger partial charge on any atom is -0.497 e. The number of piperidine rings is 1. The van der Waals surface area contributed by atoms with Crippen LogP contribution in [0, 0.1) is 0 Å². The highest BCUT2D eigenvalue weighted by Crippen LogP contribution is 2.31. The van der Waals surface area contributed by atoms with Gasteiger partial charge in [-0.25, -0.2) is 0 Å². The molecule has 116 valence electrons. The molecule has 2 aliphatic heterocycles. The lowest BCUT2D eigenvalue weighted by Gasteiger charge is -2.49. The van der Waals surface area contributed by atoms with Gasteiger partial charge in [-0.3, -0.25) is 9.88 Å². The molecule has 2 fully saturated rings. The fraction of sp³-hybridized carbons (Fsp3) is 0.500. The van der Waals surface area contributed by atoms with Crippen LogP contribution in [0.15, 0.2) is 30.5 Å². The molecule has 1 aromatic carbocycles. The molecule has 0 spiro atoms. The van der Waals surface area contributed by atoms with Gasteiger partial charge in [0.2, 0.25) is 0 Å². The fourth-order valence-corrected chi connectivity index (χ4v) is 3.93. The van der Waals surface area contributed by atoms with Crippen LogP contribution in [0.5, 0.6) is 5.75 Å². The van der Waals surface area contributed by atoms with Gasteiger partial charge in [-0.05, 0) is 44.2 Å². The highest BCUT2D eigenvalue weighted by molar-refractivity contribution is 5.83. The van der Waals surface area contributed by atoms with Crippen molar-refractivity contribution in [1.82, 2.24) is 9.88 Å². The lowest BCUT2D eigenvalue weighted by atomic mass is 9.92. The summed E-state index contributed by atoms with van der Waals surface area (Å²) in [4.78, 5) is 9.73. The molecule has 4 nitrogen and oxygen atoms in total. The summed E-state index contributed by atoms with van der Waals surface area (Å²) in [5.74, 6) is 0.890. The first kappa shape index (κ1) is 13.8. The van der Waals surface area contributed by atoms with Crippen molar-refractivity contribution in [2.24, 2.45) is 0 Å². The van der Waals surface area contributed by atoms with Gasteiger partial charge in [0.05, 0.1) is 24.5 Å². The Hall–Kier alpha value is -1.81. The fourth-order valence-electron chi connectivity index (χ4n) is 3.93. The molecule has 1 aromatic heterocycles. The van der Waals surface area contributed by atoms with Crippen molar-refractivity contribution in [2.75, 3.05) is 32.1 Å². The number of ether oxygens (including phenoxy) is 1. The number of nitrogens with zero attached hydrogens (tertiary/aromatic N) is 3. The monoisotopic (exact) mass is 297 g/mol. The van der Waals surface area contributed by atoms with Crippen molar-refractivity contribution in [3.63, 3.8) is 0 Å². The number of anilines is 1. The van der Waals surface area contributed by atoms with Gasteiger partial charge >= 0.3 is 0 Å². The van der Waals surface area contributed by atoms with Crippen molar-refractivity contribution in [2.45, 2.75) is 31.3 Å². The van der Waals surface area contributed by atoms with Gasteiger partial charge in [-0.2, -0.15) is 0 Å². The number of pyridine rings is 1. The minimum atomic E-state index is 0.688. The van der Waals surface area contributed by atoms with Gasteiger partial charge in [0.1, 0.15) is 5.75 Å². The van der Waals surface area contributed by atoms with Gasteiger partial charge in [0.15, 0.2) is 0 Å². The van der Waals surface area contributed by atoms with Crippen LogP contribution in [-0.4, -0.2) is 49.2 Å². The number of rotatable bonds is 2. The van der Waals surface area contributed by atoms with E-state index in [9.17, 15) is 0 Å². The van der Waals surface area contributed by atoms with Gasteiger partial charge in [-0.1, -0.05) is 6.42 Å². The number of hydrogen-bond donors (Lipinski definition) is 0. The standard InChI is InChI=1S/C18H23N3O/c1-20-14-4-3-5-15(20)12-21(11-14)16-8-13-9-17(22-2)6-7-18(13)19-10-16/h6-10,14-15H,3-5,11-12H2,1-2H3. The van der Waals surface area contributed by atoms with Crippen molar-refractivity contribution >= 4 is 16.6 Å². The van der Waals surface area contributed by atoms with Gasteiger partial charge in [0.25, 0.3) is 0 Å².